The van der Waals surface area contributed by atoms with Crippen molar-refractivity contribution in [3.8, 4) is 0 Å². The molecule has 2 atom stereocenters. The highest BCUT2D eigenvalue weighted by atomic mass is 14.7. The average Bonchev–Trinajstić information content (AvgIpc) is 2.41. The SMILES string of the molecule is Cc1cc(C)cc(CC2CCc3ccccc3C2N)c1. The number of nitrogens with two attached hydrogens (primary N) is 1. The number of hydrogen-bond acceptors (Lipinski definition) is 1. The van der Waals surface area contributed by atoms with Crippen LogP contribution in [0.3, 0.4) is 0 Å². The minimum atomic E-state index is 0.181. The van der Waals surface area contributed by atoms with Gasteiger partial charge in [-0.2, -0.15) is 0 Å². The molecule has 0 aliphatic heterocycles. The first-order valence-corrected chi connectivity index (χ1v) is 7.54. The van der Waals surface area contributed by atoms with Gasteiger partial charge in [-0.3, -0.25) is 0 Å². The Balaban J connectivity index is 1.82. The maximum absolute atomic E-state index is 6.51. The molecule has 0 saturated heterocycles. The van der Waals surface area contributed by atoms with Crippen molar-refractivity contribution < 1.29 is 0 Å². The third-order valence-corrected chi connectivity index (χ3v) is 4.49. The van der Waals surface area contributed by atoms with Crippen LogP contribution >= 0.6 is 0 Å². The molecule has 1 aliphatic carbocycles. The van der Waals surface area contributed by atoms with E-state index in [-0.39, 0.29) is 6.04 Å². The Labute approximate surface area is 121 Å². The lowest BCUT2D eigenvalue weighted by Gasteiger charge is -2.31. The summed E-state index contributed by atoms with van der Waals surface area (Å²) in [5.74, 6) is 0.561. The summed E-state index contributed by atoms with van der Waals surface area (Å²) < 4.78 is 0. The molecule has 0 fully saturated rings. The van der Waals surface area contributed by atoms with Gasteiger partial charge in [0.2, 0.25) is 0 Å². The van der Waals surface area contributed by atoms with Gasteiger partial charge in [-0.25, -0.2) is 0 Å². The van der Waals surface area contributed by atoms with Crippen LogP contribution in [0.25, 0.3) is 0 Å². The number of aryl methyl sites for hydroxylation is 3. The standard InChI is InChI=1S/C19H23N/c1-13-9-14(2)11-15(10-13)12-17-8-7-16-5-3-4-6-18(16)19(17)20/h3-6,9-11,17,19H,7-8,12,20H2,1-2H3. The van der Waals surface area contributed by atoms with E-state index >= 15 is 0 Å². The molecular weight excluding hydrogens is 242 g/mol. The number of hydrogen-bond donors (Lipinski definition) is 1. The van der Waals surface area contributed by atoms with Gasteiger partial charge in [0.1, 0.15) is 0 Å². The maximum Gasteiger partial charge on any atom is 0.0329 e. The van der Waals surface area contributed by atoms with Gasteiger partial charge in [-0.1, -0.05) is 53.6 Å². The normalized spacial score (nSPS) is 21.6. The van der Waals surface area contributed by atoms with Crippen molar-refractivity contribution >= 4 is 0 Å². The Morgan fingerprint density at radius 1 is 1.05 bits per heavy atom. The second-order valence-electron chi connectivity index (χ2n) is 6.22. The first kappa shape index (κ1) is 13.4. The Kier molecular flexibility index (Phi) is 3.62. The molecule has 0 heterocycles. The molecule has 0 radical (unpaired) electrons. The minimum Gasteiger partial charge on any atom is -0.324 e. The second-order valence-corrected chi connectivity index (χ2v) is 6.22. The molecule has 2 unspecified atom stereocenters. The zero-order valence-corrected chi connectivity index (χ0v) is 12.4. The average molecular weight is 265 g/mol. The van der Waals surface area contributed by atoms with Gasteiger partial charge in [-0.05, 0) is 55.7 Å². The molecule has 1 nitrogen and oxygen atoms in total. The molecule has 0 spiro atoms. The lowest BCUT2D eigenvalue weighted by atomic mass is 9.77. The summed E-state index contributed by atoms with van der Waals surface area (Å²) in [7, 11) is 0. The Morgan fingerprint density at radius 3 is 2.50 bits per heavy atom. The van der Waals surface area contributed by atoms with E-state index in [2.05, 4.69) is 56.3 Å². The molecule has 2 aromatic rings. The van der Waals surface area contributed by atoms with Crippen molar-refractivity contribution in [2.45, 2.75) is 39.2 Å². The lowest BCUT2D eigenvalue weighted by Crippen LogP contribution is -2.28. The van der Waals surface area contributed by atoms with Crippen LogP contribution in [0.15, 0.2) is 42.5 Å². The summed E-state index contributed by atoms with van der Waals surface area (Å²) in [6.07, 6.45) is 3.46. The first-order chi connectivity index (χ1) is 9.63. The van der Waals surface area contributed by atoms with Crippen LogP contribution in [-0.2, 0) is 12.8 Å². The van der Waals surface area contributed by atoms with E-state index in [1.165, 1.54) is 40.7 Å². The predicted molar refractivity (Wildman–Crippen MR) is 84.8 cm³/mol. The predicted octanol–water partition coefficient (Wildman–Crippen LogP) is 4.11. The molecule has 2 N–H and O–H groups in total. The molecule has 0 aromatic heterocycles. The summed E-state index contributed by atoms with van der Waals surface area (Å²) in [5.41, 5.74) is 13.4. The fourth-order valence-corrected chi connectivity index (χ4v) is 3.58. The minimum absolute atomic E-state index is 0.181. The van der Waals surface area contributed by atoms with Crippen molar-refractivity contribution in [3.05, 3.63) is 70.3 Å². The quantitative estimate of drug-likeness (QED) is 0.869. The molecule has 1 heteroatoms. The summed E-state index contributed by atoms with van der Waals surface area (Å²) in [6.45, 7) is 4.35. The molecule has 0 saturated carbocycles. The van der Waals surface area contributed by atoms with Gasteiger partial charge in [0.25, 0.3) is 0 Å². The van der Waals surface area contributed by atoms with Crippen molar-refractivity contribution in [2.24, 2.45) is 11.7 Å². The van der Waals surface area contributed by atoms with Crippen molar-refractivity contribution in [3.63, 3.8) is 0 Å². The van der Waals surface area contributed by atoms with Crippen molar-refractivity contribution in [1.82, 2.24) is 0 Å². The van der Waals surface area contributed by atoms with E-state index in [1.54, 1.807) is 0 Å². The summed E-state index contributed by atoms with van der Waals surface area (Å²) >= 11 is 0. The fraction of sp³-hybridized carbons (Fsp3) is 0.368. The smallest absolute Gasteiger partial charge is 0.0329 e. The van der Waals surface area contributed by atoms with E-state index in [9.17, 15) is 0 Å². The van der Waals surface area contributed by atoms with Crippen LogP contribution < -0.4 is 5.73 Å². The Morgan fingerprint density at radius 2 is 1.75 bits per heavy atom. The van der Waals surface area contributed by atoms with Crippen LogP contribution in [0.5, 0.6) is 0 Å². The highest BCUT2D eigenvalue weighted by Crippen LogP contribution is 2.34. The second kappa shape index (κ2) is 5.41. The van der Waals surface area contributed by atoms with E-state index in [4.69, 9.17) is 5.73 Å². The third-order valence-electron chi connectivity index (χ3n) is 4.49. The highest BCUT2D eigenvalue weighted by Gasteiger charge is 2.26. The Hall–Kier alpha value is -1.60. The molecule has 1 aliphatic rings. The molecule has 20 heavy (non-hydrogen) atoms. The van der Waals surface area contributed by atoms with Crippen LogP contribution in [0.1, 0.15) is 40.3 Å². The molecule has 0 bridgehead atoms. The maximum atomic E-state index is 6.51. The van der Waals surface area contributed by atoms with Gasteiger partial charge in [0.05, 0.1) is 0 Å². The molecule has 3 rings (SSSR count). The molecule has 104 valence electrons. The zero-order valence-electron chi connectivity index (χ0n) is 12.4. The first-order valence-electron chi connectivity index (χ1n) is 7.54. The van der Waals surface area contributed by atoms with Gasteiger partial charge >= 0.3 is 0 Å². The van der Waals surface area contributed by atoms with Crippen molar-refractivity contribution in [1.29, 1.82) is 0 Å². The lowest BCUT2D eigenvalue weighted by molar-refractivity contribution is 0.376. The van der Waals surface area contributed by atoms with Crippen LogP contribution in [-0.4, -0.2) is 0 Å². The summed E-state index contributed by atoms with van der Waals surface area (Å²) in [4.78, 5) is 0. The van der Waals surface area contributed by atoms with Gasteiger partial charge < -0.3 is 5.73 Å². The van der Waals surface area contributed by atoms with E-state index < -0.39 is 0 Å². The molecular formula is C19H23N. The number of benzene rings is 2. The number of rotatable bonds is 2. The van der Waals surface area contributed by atoms with E-state index in [1.807, 2.05) is 0 Å². The largest absolute Gasteiger partial charge is 0.324 e. The van der Waals surface area contributed by atoms with E-state index in [0.717, 1.165) is 6.42 Å². The fourth-order valence-electron chi connectivity index (χ4n) is 3.58. The van der Waals surface area contributed by atoms with Gasteiger partial charge in [-0.15, -0.1) is 0 Å². The van der Waals surface area contributed by atoms with Gasteiger partial charge in [0.15, 0.2) is 0 Å². The summed E-state index contributed by atoms with van der Waals surface area (Å²) in [5, 5.41) is 0. The highest BCUT2D eigenvalue weighted by molar-refractivity contribution is 5.34. The number of fused-ring (bicyclic) bond motifs is 1. The summed E-state index contributed by atoms with van der Waals surface area (Å²) in [6, 6.07) is 15.7. The third kappa shape index (κ3) is 2.64. The van der Waals surface area contributed by atoms with Crippen LogP contribution in [0.4, 0.5) is 0 Å². The molecule has 2 aromatic carbocycles. The van der Waals surface area contributed by atoms with Crippen LogP contribution in [0.2, 0.25) is 0 Å². The van der Waals surface area contributed by atoms with Gasteiger partial charge in [0, 0.05) is 6.04 Å². The molecule has 0 amide bonds. The topological polar surface area (TPSA) is 26.0 Å². The van der Waals surface area contributed by atoms with Crippen molar-refractivity contribution in [2.75, 3.05) is 0 Å². The monoisotopic (exact) mass is 265 g/mol. The van der Waals surface area contributed by atoms with E-state index in [0.29, 0.717) is 5.92 Å². The zero-order chi connectivity index (χ0) is 14.1. The van der Waals surface area contributed by atoms with Crippen LogP contribution in [0, 0.1) is 19.8 Å². The Bertz CT molecular complexity index is 595.